The average molecular weight is 147 g/mol. The smallest absolute Gasteiger partial charge is 0.141 e. The minimum absolute atomic E-state index is 0.103. The number of amidine groups is 1. The van der Waals surface area contributed by atoms with Crippen molar-refractivity contribution in [2.45, 2.75) is 0 Å². The van der Waals surface area contributed by atoms with Gasteiger partial charge in [-0.3, -0.25) is 5.41 Å². The van der Waals surface area contributed by atoms with Gasteiger partial charge < -0.3 is 5.73 Å². The van der Waals surface area contributed by atoms with Gasteiger partial charge in [0.2, 0.25) is 0 Å². The number of pyridine rings is 1. The standard InChI is InChI=1S/C7H7N4/c8-4-5-2-1-3-6(11-5)7(9)10/h1-4H,(H3,9,10). The summed E-state index contributed by atoms with van der Waals surface area (Å²) in [5.41, 5.74) is 5.93. The molecule has 0 saturated heterocycles. The molecule has 4 nitrogen and oxygen atoms in total. The average Bonchev–Trinajstić information content (AvgIpc) is 2.05. The topological polar surface area (TPSA) is 85.1 Å². The maximum Gasteiger partial charge on any atom is 0.141 e. The van der Waals surface area contributed by atoms with Crippen molar-refractivity contribution in [2.24, 2.45) is 5.73 Å². The molecule has 1 rings (SSSR count). The predicted octanol–water partition coefficient (Wildman–Crippen LogP) is -0.415. The van der Waals surface area contributed by atoms with E-state index in [0.29, 0.717) is 11.4 Å². The van der Waals surface area contributed by atoms with E-state index in [-0.39, 0.29) is 5.84 Å². The number of nitrogens with two attached hydrogens (primary N) is 1. The largest absolute Gasteiger partial charge is 0.382 e. The SMILES string of the molecule is [N]=Cc1cccc(C(=N)N)n1. The Hall–Kier alpha value is -1.71. The Kier molecular flexibility index (Phi) is 1.96. The van der Waals surface area contributed by atoms with Crippen LogP contribution in [0.3, 0.4) is 0 Å². The Bertz CT molecular complexity index is 292. The van der Waals surface area contributed by atoms with Gasteiger partial charge in [0.15, 0.2) is 0 Å². The molecule has 0 aliphatic carbocycles. The van der Waals surface area contributed by atoms with Crippen molar-refractivity contribution < 1.29 is 0 Å². The van der Waals surface area contributed by atoms with E-state index in [9.17, 15) is 0 Å². The summed E-state index contributed by atoms with van der Waals surface area (Å²) >= 11 is 0. The normalized spacial score (nSPS) is 9.09. The maximum atomic E-state index is 8.55. The Morgan fingerprint density at radius 3 is 2.91 bits per heavy atom. The summed E-state index contributed by atoms with van der Waals surface area (Å²) in [7, 11) is 0. The third-order valence-corrected chi connectivity index (χ3v) is 1.18. The van der Waals surface area contributed by atoms with Gasteiger partial charge in [-0.05, 0) is 12.1 Å². The van der Waals surface area contributed by atoms with Crippen molar-refractivity contribution in [3.63, 3.8) is 0 Å². The number of hydrogen-bond donors (Lipinski definition) is 2. The van der Waals surface area contributed by atoms with Crippen LogP contribution in [-0.4, -0.2) is 17.0 Å². The first-order chi connectivity index (χ1) is 5.24. The minimum Gasteiger partial charge on any atom is -0.382 e. The highest BCUT2D eigenvalue weighted by Crippen LogP contribution is 1.94. The van der Waals surface area contributed by atoms with Crippen LogP contribution < -0.4 is 11.1 Å². The summed E-state index contributed by atoms with van der Waals surface area (Å²) in [4.78, 5) is 3.84. The van der Waals surface area contributed by atoms with Gasteiger partial charge in [0, 0.05) is 0 Å². The van der Waals surface area contributed by atoms with Crippen molar-refractivity contribution >= 4 is 12.1 Å². The van der Waals surface area contributed by atoms with E-state index >= 15 is 0 Å². The van der Waals surface area contributed by atoms with Gasteiger partial charge in [0.05, 0.1) is 11.9 Å². The first-order valence-electron chi connectivity index (χ1n) is 3.03. The minimum atomic E-state index is -0.103. The first-order valence-corrected chi connectivity index (χ1v) is 3.03. The van der Waals surface area contributed by atoms with Crippen LogP contribution in [0.4, 0.5) is 0 Å². The quantitative estimate of drug-likeness (QED) is 0.440. The van der Waals surface area contributed by atoms with E-state index in [1.54, 1.807) is 18.2 Å². The lowest BCUT2D eigenvalue weighted by Gasteiger charge is -1.96. The highest BCUT2D eigenvalue weighted by Gasteiger charge is 1.96. The Morgan fingerprint density at radius 1 is 1.64 bits per heavy atom. The molecule has 0 bridgehead atoms. The van der Waals surface area contributed by atoms with Crippen molar-refractivity contribution in [1.29, 1.82) is 5.41 Å². The van der Waals surface area contributed by atoms with Crippen LogP contribution in [-0.2, 0) is 0 Å². The molecule has 0 unspecified atom stereocenters. The van der Waals surface area contributed by atoms with E-state index in [2.05, 4.69) is 4.98 Å². The number of rotatable bonds is 2. The molecule has 0 aliphatic rings. The molecule has 4 heteroatoms. The number of aromatic nitrogens is 1. The van der Waals surface area contributed by atoms with Gasteiger partial charge >= 0.3 is 0 Å². The third kappa shape index (κ3) is 1.61. The number of nitrogen functional groups attached to an aromatic ring is 1. The van der Waals surface area contributed by atoms with Crippen LogP contribution in [0.5, 0.6) is 0 Å². The zero-order chi connectivity index (χ0) is 8.27. The number of nitrogens with zero attached hydrogens (tertiary/aromatic N) is 2. The van der Waals surface area contributed by atoms with Crippen LogP contribution in [0.25, 0.3) is 0 Å². The van der Waals surface area contributed by atoms with Gasteiger partial charge in [0.1, 0.15) is 11.5 Å². The van der Waals surface area contributed by atoms with E-state index < -0.39 is 0 Å². The monoisotopic (exact) mass is 147 g/mol. The second kappa shape index (κ2) is 2.92. The van der Waals surface area contributed by atoms with Crippen molar-refractivity contribution in [3.8, 4) is 0 Å². The van der Waals surface area contributed by atoms with E-state index in [1.165, 1.54) is 0 Å². The lowest BCUT2D eigenvalue weighted by molar-refractivity contribution is 1.24. The lowest BCUT2D eigenvalue weighted by Crippen LogP contribution is -2.13. The van der Waals surface area contributed by atoms with Crippen LogP contribution in [0, 0.1) is 5.41 Å². The van der Waals surface area contributed by atoms with Gasteiger partial charge in [-0.25, -0.2) is 4.98 Å². The van der Waals surface area contributed by atoms with Crippen LogP contribution in [0.2, 0.25) is 0 Å². The lowest BCUT2D eigenvalue weighted by atomic mass is 10.3. The molecule has 0 fully saturated rings. The summed E-state index contributed by atoms with van der Waals surface area (Å²) in [5, 5.41) is 15.6. The molecule has 0 atom stereocenters. The van der Waals surface area contributed by atoms with E-state index in [0.717, 1.165) is 6.21 Å². The first kappa shape index (κ1) is 7.40. The van der Waals surface area contributed by atoms with Gasteiger partial charge in [-0.1, -0.05) is 6.07 Å². The molecule has 1 radical (unpaired) electrons. The summed E-state index contributed by atoms with van der Waals surface area (Å²) in [6, 6.07) is 4.90. The molecular formula is C7H7N4. The zero-order valence-corrected chi connectivity index (χ0v) is 5.78. The fourth-order valence-electron chi connectivity index (χ4n) is 0.673. The summed E-state index contributed by atoms with van der Waals surface area (Å²) in [5.74, 6) is -0.103. The number of nitrogens with one attached hydrogen (secondary N) is 1. The molecular weight excluding hydrogens is 140 g/mol. The highest BCUT2D eigenvalue weighted by molar-refractivity contribution is 5.93. The molecule has 1 aromatic rings. The molecule has 55 valence electrons. The van der Waals surface area contributed by atoms with Gasteiger partial charge in [-0.15, -0.1) is 0 Å². The number of hydrogen-bond acceptors (Lipinski definition) is 2. The molecule has 1 aromatic heterocycles. The molecule has 0 saturated carbocycles. The summed E-state index contributed by atoms with van der Waals surface area (Å²) in [6.07, 6.45) is 0.867. The Labute approximate surface area is 64.1 Å². The molecule has 0 spiro atoms. The Balaban J connectivity index is 3.10. The fourth-order valence-corrected chi connectivity index (χ4v) is 0.673. The maximum absolute atomic E-state index is 8.55. The second-order valence-corrected chi connectivity index (χ2v) is 1.99. The molecule has 11 heavy (non-hydrogen) atoms. The molecule has 0 aliphatic heterocycles. The van der Waals surface area contributed by atoms with Crippen molar-refractivity contribution in [2.75, 3.05) is 0 Å². The molecule has 0 amide bonds. The van der Waals surface area contributed by atoms with Crippen molar-refractivity contribution in [1.82, 2.24) is 10.4 Å². The van der Waals surface area contributed by atoms with Crippen molar-refractivity contribution in [3.05, 3.63) is 29.6 Å². The summed E-state index contributed by atoms with van der Waals surface area (Å²) < 4.78 is 0. The van der Waals surface area contributed by atoms with Gasteiger partial charge in [-0.2, -0.15) is 5.41 Å². The molecule has 1 heterocycles. The van der Waals surface area contributed by atoms with E-state index in [4.69, 9.17) is 16.6 Å². The fraction of sp³-hybridized carbons (Fsp3) is 0. The molecule has 3 N–H and O–H groups in total. The second-order valence-electron chi connectivity index (χ2n) is 1.99. The van der Waals surface area contributed by atoms with Crippen LogP contribution in [0.15, 0.2) is 18.2 Å². The predicted molar refractivity (Wildman–Crippen MR) is 42.6 cm³/mol. The Morgan fingerprint density at radius 2 is 2.36 bits per heavy atom. The van der Waals surface area contributed by atoms with Crippen LogP contribution in [0.1, 0.15) is 11.4 Å². The van der Waals surface area contributed by atoms with Crippen LogP contribution >= 0.6 is 0 Å². The summed E-state index contributed by atoms with van der Waals surface area (Å²) in [6.45, 7) is 0. The third-order valence-electron chi connectivity index (χ3n) is 1.18. The zero-order valence-electron chi connectivity index (χ0n) is 5.78. The highest BCUT2D eigenvalue weighted by atomic mass is 14.8. The molecule has 0 aromatic carbocycles. The van der Waals surface area contributed by atoms with E-state index in [1.807, 2.05) is 0 Å². The van der Waals surface area contributed by atoms with Gasteiger partial charge in [0.25, 0.3) is 0 Å².